The van der Waals surface area contributed by atoms with Crippen LogP contribution in [0.1, 0.15) is 43.7 Å². The van der Waals surface area contributed by atoms with Gasteiger partial charge in [-0.3, -0.25) is 9.58 Å². The molecule has 0 unspecified atom stereocenters. The molecule has 0 radical (unpaired) electrons. The Balaban J connectivity index is 1.21. The molecule has 3 aliphatic carbocycles. The number of nitrogens with two attached hydrogens (primary N) is 1. The highest BCUT2D eigenvalue weighted by molar-refractivity contribution is 5.64. The van der Waals surface area contributed by atoms with Crippen molar-refractivity contribution >= 4 is 5.82 Å². The number of hydrogen-bond acceptors (Lipinski definition) is 6. The van der Waals surface area contributed by atoms with Gasteiger partial charge in [-0.1, -0.05) is 0 Å². The number of likely N-dealkylation sites (tertiary alicyclic amines) is 1. The van der Waals surface area contributed by atoms with Crippen molar-refractivity contribution in [2.24, 2.45) is 23.7 Å². The summed E-state index contributed by atoms with van der Waals surface area (Å²) in [7, 11) is 0. The molecule has 0 aromatic carbocycles. The van der Waals surface area contributed by atoms with Gasteiger partial charge in [-0.15, -0.1) is 0 Å². The second kappa shape index (κ2) is 8.20. The van der Waals surface area contributed by atoms with Crippen LogP contribution >= 0.6 is 0 Å². The molecule has 1 saturated heterocycles. The molecule has 9 heteroatoms. The van der Waals surface area contributed by atoms with E-state index >= 15 is 0 Å². The highest BCUT2D eigenvalue weighted by Crippen LogP contribution is 2.64. The normalized spacial score (nSPS) is 31.3. The lowest BCUT2D eigenvalue weighted by Crippen LogP contribution is -2.33. The fraction of sp³-hybridized carbons (Fsp3) is 0.667. The zero-order valence-corrected chi connectivity index (χ0v) is 18.6. The molecule has 4 aliphatic rings. The summed E-state index contributed by atoms with van der Waals surface area (Å²) >= 11 is 0. The molecule has 2 aromatic heterocycles. The molecule has 1 aliphatic heterocycles. The van der Waals surface area contributed by atoms with E-state index in [4.69, 9.17) is 10.8 Å². The van der Waals surface area contributed by atoms with E-state index in [1.54, 1.807) is 6.20 Å². The summed E-state index contributed by atoms with van der Waals surface area (Å²) < 4.78 is 32.2. The molecule has 6 rings (SSSR count). The number of hydrogen-bond donors (Lipinski definition) is 2. The Labute approximate surface area is 191 Å². The number of anilines is 1. The quantitative estimate of drug-likeness (QED) is 0.629. The minimum Gasteiger partial charge on any atom is -0.431 e. The van der Waals surface area contributed by atoms with Crippen LogP contribution in [0.15, 0.2) is 18.3 Å². The van der Waals surface area contributed by atoms with Gasteiger partial charge in [0.15, 0.2) is 11.6 Å². The van der Waals surface area contributed by atoms with Crippen molar-refractivity contribution in [3.8, 4) is 17.0 Å². The monoisotopic (exact) mass is 459 g/mol. The highest BCUT2D eigenvalue weighted by Gasteiger charge is 2.59. The lowest BCUT2D eigenvalue weighted by atomic mass is 10.0. The molecular weight excluding hydrogens is 428 g/mol. The molecule has 3 saturated carbocycles. The summed E-state index contributed by atoms with van der Waals surface area (Å²) in [5, 5.41) is 14.3. The Kier molecular flexibility index (Phi) is 5.29. The van der Waals surface area contributed by atoms with Crippen LogP contribution in [0.2, 0.25) is 0 Å². The van der Waals surface area contributed by atoms with Gasteiger partial charge in [-0.2, -0.15) is 13.9 Å². The largest absolute Gasteiger partial charge is 0.431 e. The van der Waals surface area contributed by atoms with Gasteiger partial charge in [0.25, 0.3) is 0 Å². The lowest BCUT2D eigenvalue weighted by molar-refractivity contribution is -0.0494. The summed E-state index contributed by atoms with van der Waals surface area (Å²) in [6.45, 7) is 0.404. The van der Waals surface area contributed by atoms with Crippen LogP contribution in [0.4, 0.5) is 14.6 Å². The van der Waals surface area contributed by atoms with E-state index < -0.39 is 6.61 Å². The maximum atomic E-state index is 12.7. The molecule has 0 spiro atoms. The molecule has 2 aromatic rings. The Hall–Kier alpha value is -2.26. The van der Waals surface area contributed by atoms with Crippen LogP contribution in [0.25, 0.3) is 11.3 Å². The van der Waals surface area contributed by atoms with Crippen LogP contribution in [0, 0.1) is 23.7 Å². The number of aliphatic hydroxyl groups excluding tert-OH is 1. The first-order chi connectivity index (χ1) is 16.0. The maximum Gasteiger partial charge on any atom is 0.387 e. The molecule has 3 heterocycles. The van der Waals surface area contributed by atoms with Crippen LogP contribution < -0.4 is 10.5 Å². The summed E-state index contributed by atoms with van der Waals surface area (Å²) in [6.07, 6.45) is 7.60. The number of halogens is 2. The first kappa shape index (κ1) is 21.3. The molecule has 33 heavy (non-hydrogen) atoms. The van der Waals surface area contributed by atoms with Crippen LogP contribution in [0.3, 0.4) is 0 Å². The van der Waals surface area contributed by atoms with Gasteiger partial charge in [-0.05, 0) is 74.5 Å². The van der Waals surface area contributed by atoms with Crippen molar-refractivity contribution in [2.45, 2.75) is 57.2 Å². The summed E-state index contributed by atoms with van der Waals surface area (Å²) in [6, 6.07) is 4.27. The minimum absolute atomic E-state index is 0.0511. The Morgan fingerprint density at radius 2 is 1.94 bits per heavy atom. The number of aromatic nitrogens is 3. The van der Waals surface area contributed by atoms with Crippen molar-refractivity contribution in [2.75, 3.05) is 25.4 Å². The van der Waals surface area contributed by atoms with E-state index in [-0.39, 0.29) is 11.6 Å². The Bertz CT molecular complexity index is 1010. The number of aliphatic hydroxyl groups is 1. The zero-order chi connectivity index (χ0) is 22.7. The second-order valence-electron chi connectivity index (χ2n) is 10.4. The zero-order valence-electron chi connectivity index (χ0n) is 18.6. The van der Waals surface area contributed by atoms with E-state index in [0.717, 1.165) is 31.7 Å². The Morgan fingerprint density at radius 3 is 2.61 bits per heavy atom. The topological polar surface area (TPSA) is 89.4 Å². The molecule has 178 valence electrons. The lowest BCUT2D eigenvalue weighted by Gasteiger charge is -2.26. The van der Waals surface area contributed by atoms with E-state index in [0.29, 0.717) is 47.8 Å². The molecule has 0 amide bonds. The van der Waals surface area contributed by atoms with E-state index in [1.807, 2.05) is 0 Å². The van der Waals surface area contributed by atoms with Crippen molar-refractivity contribution in [3.63, 3.8) is 0 Å². The van der Waals surface area contributed by atoms with E-state index in [2.05, 4.69) is 25.4 Å². The average Bonchev–Trinajstić information content (AvgIpc) is 3.50. The number of rotatable bonds is 8. The summed E-state index contributed by atoms with van der Waals surface area (Å²) in [5.41, 5.74) is 8.37. The van der Waals surface area contributed by atoms with Gasteiger partial charge >= 0.3 is 6.61 Å². The first-order valence-corrected chi connectivity index (χ1v) is 12.1. The predicted octanol–water partition coefficient (Wildman–Crippen LogP) is 3.34. The number of alkyl halides is 2. The number of nitrogen functional groups attached to an aromatic ring is 1. The van der Waals surface area contributed by atoms with Gasteiger partial charge in [0.05, 0.1) is 5.69 Å². The molecule has 5 atom stereocenters. The van der Waals surface area contributed by atoms with E-state index in [9.17, 15) is 13.9 Å². The van der Waals surface area contributed by atoms with Gasteiger partial charge in [0.1, 0.15) is 0 Å². The predicted molar refractivity (Wildman–Crippen MR) is 119 cm³/mol. The van der Waals surface area contributed by atoms with Gasteiger partial charge in [-0.25, -0.2) is 4.98 Å². The number of fused-ring (bicyclic) bond motifs is 1. The fourth-order valence-corrected chi connectivity index (χ4v) is 6.21. The van der Waals surface area contributed by atoms with E-state index in [1.165, 1.54) is 37.4 Å². The standard InChI is InChI=1S/C24H31F2N5O2/c25-24(26)33-21-5-15(9-28-23(21)27)19-8-20(31(29-19)11-13-1-2-13)22-17-6-16(7-18(17)22)30-4-3-14(10-30)12-32/h5,8-9,13-14,16-18,22,24,32H,1-4,6-7,10-12H2,(H2,27,28)/t14-,16-,17-,18+,22+/m0/s1. The van der Waals surface area contributed by atoms with Crippen molar-refractivity contribution in [3.05, 3.63) is 24.0 Å². The maximum absolute atomic E-state index is 12.7. The molecule has 3 N–H and O–H groups in total. The number of nitrogens with zero attached hydrogens (tertiary/aromatic N) is 4. The first-order valence-electron chi connectivity index (χ1n) is 12.1. The average molecular weight is 460 g/mol. The third kappa shape index (κ3) is 4.10. The highest BCUT2D eigenvalue weighted by atomic mass is 19.3. The van der Waals surface area contributed by atoms with Crippen molar-refractivity contribution in [1.82, 2.24) is 19.7 Å². The second-order valence-corrected chi connectivity index (χ2v) is 10.4. The minimum atomic E-state index is -2.95. The van der Waals surface area contributed by atoms with Gasteiger partial charge < -0.3 is 15.6 Å². The Morgan fingerprint density at radius 1 is 1.15 bits per heavy atom. The molecule has 0 bridgehead atoms. The molecular formula is C24H31F2N5O2. The van der Waals surface area contributed by atoms with Crippen molar-refractivity contribution < 1.29 is 18.6 Å². The smallest absolute Gasteiger partial charge is 0.387 e. The summed E-state index contributed by atoms with van der Waals surface area (Å²) in [4.78, 5) is 6.64. The van der Waals surface area contributed by atoms with Gasteiger partial charge in [0, 0.05) is 49.1 Å². The van der Waals surface area contributed by atoms with Crippen molar-refractivity contribution in [1.29, 1.82) is 0 Å². The SMILES string of the molecule is Nc1ncc(-c2cc([C@H]3[C@@H]4C[C@@H](N5CC[C@H](CO)C5)C[C@@H]43)n(CC3CC3)n2)cc1OC(F)F. The molecule has 7 nitrogen and oxygen atoms in total. The summed E-state index contributed by atoms with van der Waals surface area (Å²) in [5.74, 6) is 2.86. The number of pyridine rings is 1. The van der Waals surface area contributed by atoms with Gasteiger partial charge in [0.2, 0.25) is 0 Å². The van der Waals surface area contributed by atoms with Crippen LogP contribution in [0.5, 0.6) is 5.75 Å². The number of ether oxygens (including phenoxy) is 1. The fourth-order valence-electron chi connectivity index (χ4n) is 6.21. The third-order valence-electron chi connectivity index (χ3n) is 8.19. The third-order valence-corrected chi connectivity index (χ3v) is 8.19. The van der Waals surface area contributed by atoms with Crippen LogP contribution in [-0.4, -0.2) is 57.1 Å². The van der Waals surface area contributed by atoms with Crippen LogP contribution in [-0.2, 0) is 6.54 Å². The molecule has 4 fully saturated rings.